The number of hydrogen-bond acceptors (Lipinski definition) is 3. The molecule has 1 fully saturated rings. The maximum Gasteiger partial charge on any atom is 0.231 e. The van der Waals surface area contributed by atoms with Crippen molar-refractivity contribution in [3.63, 3.8) is 0 Å². The maximum atomic E-state index is 12.6. The highest BCUT2D eigenvalue weighted by atomic mass is 16.2. The molecule has 3 rings (SSSR count). The minimum absolute atomic E-state index is 0.0433. The number of anilines is 1. The van der Waals surface area contributed by atoms with E-state index in [1.807, 2.05) is 30.3 Å². The average molecular weight is 283 g/mol. The lowest BCUT2D eigenvalue weighted by Gasteiger charge is -2.34. The Morgan fingerprint density at radius 1 is 1.24 bits per heavy atom. The molecule has 0 atom stereocenters. The third-order valence-corrected chi connectivity index (χ3v) is 4.53. The fourth-order valence-electron chi connectivity index (χ4n) is 3.16. The topological polar surface area (TPSA) is 68.0 Å². The highest BCUT2D eigenvalue weighted by Crippen LogP contribution is 2.36. The molecule has 1 aliphatic carbocycles. The Kier molecular flexibility index (Phi) is 3.88. The van der Waals surface area contributed by atoms with Gasteiger partial charge < -0.3 is 11.1 Å². The van der Waals surface area contributed by atoms with Crippen molar-refractivity contribution in [3.05, 3.63) is 36.5 Å². The number of fused-ring (bicyclic) bond motifs is 1. The van der Waals surface area contributed by atoms with Gasteiger partial charge in [0.15, 0.2) is 0 Å². The molecular formula is C17H21N3O. The number of hydrogen-bond donors (Lipinski definition) is 2. The van der Waals surface area contributed by atoms with Gasteiger partial charge >= 0.3 is 0 Å². The second-order valence-corrected chi connectivity index (χ2v) is 5.92. The molecule has 1 heterocycles. The van der Waals surface area contributed by atoms with Crippen LogP contribution in [0.25, 0.3) is 10.9 Å². The van der Waals surface area contributed by atoms with Crippen LogP contribution < -0.4 is 11.1 Å². The number of para-hydroxylation sites is 1. The Labute approximate surface area is 124 Å². The van der Waals surface area contributed by atoms with E-state index in [-0.39, 0.29) is 5.91 Å². The van der Waals surface area contributed by atoms with Crippen molar-refractivity contribution in [3.8, 4) is 0 Å². The summed E-state index contributed by atoms with van der Waals surface area (Å²) in [5, 5.41) is 4.04. The molecule has 1 saturated carbocycles. The van der Waals surface area contributed by atoms with Crippen LogP contribution in [0.15, 0.2) is 36.5 Å². The van der Waals surface area contributed by atoms with Crippen LogP contribution in [-0.4, -0.2) is 17.4 Å². The van der Waals surface area contributed by atoms with Gasteiger partial charge in [0.1, 0.15) is 0 Å². The molecule has 0 spiro atoms. The number of amides is 1. The van der Waals surface area contributed by atoms with Crippen LogP contribution in [0, 0.1) is 5.41 Å². The summed E-state index contributed by atoms with van der Waals surface area (Å²) in [6.45, 7) is 0.417. The van der Waals surface area contributed by atoms with E-state index in [1.54, 1.807) is 6.20 Å². The highest BCUT2D eigenvalue weighted by molar-refractivity contribution is 5.97. The highest BCUT2D eigenvalue weighted by Gasteiger charge is 2.38. The zero-order valence-electron chi connectivity index (χ0n) is 12.1. The molecule has 0 unspecified atom stereocenters. The summed E-state index contributed by atoms with van der Waals surface area (Å²) in [6.07, 6.45) is 6.85. The third-order valence-electron chi connectivity index (χ3n) is 4.53. The quantitative estimate of drug-likeness (QED) is 0.909. The van der Waals surface area contributed by atoms with Gasteiger partial charge in [0.05, 0.1) is 22.8 Å². The van der Waals surface area contributed by atoms with E-state index in [2.05, 4.69) is 10.3 Å². The molecule has 4 nitrogen and oxygen atoms in total. The number of aromatic nitrogens is 1. The smallest absolute Gasteiger partial charge is 0.231 e. The number of nitrogens with one attached hydrogen (secondary N) is 1. The van der Waals surface area contributed by atoms with Crippen LogP contribution in [0.2, 0.25) is 0 Å². The van der Waals surface area contributed by atoms with Crippen LogP contribution in [-0.2, 0) is 4.79 Å². The summed E-state index contributed by atoms with van der Waals surface area (Å²) in [4.78, 5) is 17.0. The minimum atomic E-state index is -0.399. The Morgan fingerprint density at radius 2 is 2.00 bits per heavy atom. The second-order valence-electron chi connectivity index (χ2n) is 5.92. The molecule has 1 aromatic carbocycles. The predicted octanol–water partition coefficient (Wildman–Crippen LogP) is 3.08. The molecule has 1 aliphatic rings. The summed E-state index contributed by atoms with van der Waals surface area (Å²) in [7, 11) is 0. The van der Waals surface area contributed by atoms with Gasteiger partial charge in [0.2, 0.25) is 5.91 Å². The first-order valence-electron chi connectivity index (χ1n) is 7.60. The number of nitrogens with zero attached hydrogens (tertiary/aromatic N) is 1. The molecule has 3 N–H and O–H groups in total. The lowest BCUT2D eigenvalue weighted by molar-refractivity contribution is -0.126. The van der Waals surface area contributed by atoms with E-state index >= 15 is 0 Å². The van der Waals surface area contributed by atoms with Crippen LogP contribution in [0.4, 0.5) is 5.69 Å². The second kappa shape index (κ2) is 5.82. The Balaban J connectivity index is 1.81. The largest absolute Gasteiger partial charge is 0.329 e. The first kappa shape index (κ1) is 14.0. The number of pyridine rings is 1. The molecule has 1 amide bonds. The van der Waals surface area contributed by atoms with E-state index in [9.17, 15) is 4.79 Å². The van der Waals surface area contributed by atoms with Crippen molar-refractivity contribution in [2.24, 2.45) is 11.1 Å². The Bertz CT molecular complexity index is 647. The van der Waals surface area contributed by atoms with Gasteiger partial charge in [-0.1, -0.05) is 37.5 Å². The third kappa shape index (κ3) is 2.76. The van der Waals surface area contributed by atoms with Gasteiger partial charge in [-0.15, -0.1) is 0 Å². The van der Waals surface area contributed by atoms with Crippen LogP contribution in [0.3, 0.4) is 0 Å². The number of rotatable bonds is 3. The maximum absolute atomic E-state index is 12.6. The summed E-state index contributed by atoms with van der Waals surface area (Å²) in [6, 6.07) is 9.85. The zero-order chi connectivity index (χ0) is 14.7. The predicted molar refractivity (Wildman–Crippen MR) is 84.9 cm³/mol. The monoisotopic (exact) mass is 283 g/mol. The summed E-state index contributed by atoms with van der Waals surface area (Å²) < 4.78 is 0. The molecule has 1 aromatic heterocycles. The van der Waals surface area contributed by atoms with Crippen LogP contribution in [0.5, 0.6) is 0 Å². The van der Waals surface area contributed by atoms with E-state index in [0.29, 0.717) is 6.54 Å². The van der Waals surface area contributed by atoms with E-state index in [4.69, 9.17) is 5.73 Å². The molecule has 0 aliphatic heterocycles. The number of benzene rings is 1. The molecule has 0 radical (unpaired) electrons. The number of carbonyl (C=O) groups is 1. The average Bonchev–Trinajstić information content (AvgIpc) is 2.55. The Morgan fingerprint density at radius 3 is 2.76 bits per heavy atom. The van der Waals surface area contributed by atoms with E-state index in [0.717, 1.165) is 42.3 Å². The van der Waals surface area contributed by atoms with Crippen molar-refractivity contribution in [1.82, 2.24) is 4.98 Å². The van der Waals surface area contributed by atoms with Gasteiger partial charge in [0.25, 0.3) is 0 Å². The van der Waals surface area contributed by atoms with E-state index < -0.39 is 5.41 Å². The standard InChI is InChI=1S/C17H21N3O/c18-12-17(8-4-1-5-9-17)16(21)20-14-10-13-6-2-3-7-15(13)19-11-14/h2-3,6-7,10-11H,1,4-5,8-9,12,18H2,(H,20,21). The normalized spacial score (nSPS) is 17.6. The van der Waals surface area contributed by atoms with Crippen molar-refractivity contribution in [1.29, 1.82) is 0 Å². The van der Waals surface area contributed by atoms with Crippen molar-refractivity contribution >= 4 is 22.5 Å². The fourth-order valence-corrected chi connectivity index (χ4v) is 3.16. The van der Waals surface area contributed by atoms with Crippen molar-refractivity contribution in [2.75, 3.05) is 11.9 Å². The van der Waals surface area contributed by atoms with Gasteiger partial charge in [-0.2, -0.15) is 0 Å². The molecule has 21 heavy (non-hydrogen) atoms. The zero-order valence-corrected chi connectivity index (χ0v) is 12.1. The lowest BCUT2D eigenvalue weighted by Crippen LogP contribution is -2.43. The Hall–Kier alpha value is -1.94. The van der Waals surface area contributed by atoms with Crippen molar-refractivity contribution < 1.29 is 4.79 Å². The van der Waals surface area contributed by atoms with Gasteiger partial charge in [0, 0.05) is 11.9 Å². The molecule has 110 valence electrons. The minimum Gasteiger partial charge on any atom is -0.329 e. The van der Waals surface area contributed by atoms with Gasteiger partial charge in [-0.3, -0.25) is 9.78 Å². The molecule has 0 saturated heterocycles. The summed E-state index contributed by atoms with van der Waals surface area (Å²) >= 11 is 0. The van der Waals surface area contributed by atoms with Crippen LogP contribution >= 0.6 is 0 Å². The first-order chi connectivity index (χ1) is 10.2. The van der Waals surface area contributed by atoms with Crippen molar-refractivity contribution in [2.45, 2.75) is 32.1 Å². The van der Waals surface area contributed by atoms with Gasteiger partial charge in [-0.25, -0.2) is 0 Å². The SMILES string of the molecule is NCC1(C(=O)Nc2cnc3ccccc3c2)CCCCC1. The summed E-state index contributed by atoms with van der Waals surface area (Å²) in [5.74, 6) is 0.0433. The number of nitrogens with two attached hydrogens (primary N) is 1. The first-order valence-corrected chi connectivity index (χ1v) is 7.60. The lowest BCUT2D eigenvalue weighted by atomic mass is 9.73. The molecule has 0 bridgehead atoms. The number of carbonyl (C=O) groups excluding carboxylic acids is 1. The van der Waals surface area contributed by atoms with Gasteiger partial charge in [-0.05, 0) is 25.0 Å². The fraction of sp³-hybridized carbons (Fsp3) is 0.412. The molecule has 4 heteroatoms. The van der Waals surface area contributed by atoms with Crippen LogP contribution in [0.1, 0.15) is 32.1 Å². The molecule has 2 aromatic rings. The molecular weight excluding hydrogens is 262 g/mol. The van der Waals surface area contributed by atoms with E-state index in [1.165, 1.54) is 6.42 Å². The summed E-state index contributed by atoms with van der Waals surface area (Å²) in [5.41, 5.74) is 7.19.